The summed E-state index contributed by atoms with van der Waals surface area (Å²) in [6, 6.07) is 52.2. The zero-order chi connectivity index (χ0) is 49.2. The van der Waals surface area contributed by atoms with Crippen molar-refractivity contribution >= 4 is 11.0 Å². The van der Waals surface area contributed by atoms with E-state index < -0.39 is 18.6 Å². The van der Waals surface area contributed by atoms with Crippen LogP contribution in [0.15, 0.2) is 164 Å². The first-order valence-electron chi connectivity index (χ1n) is 24.4. The predicted octanol–water partition coefficient (Wildman–Crippen LogP) is 16.3. The fourth-order valence-corrected chi connectivity index (χ4v) is 8.55. The normalized spacial score (nSPS) is 13.5. The number of fused-ring (bicyclic) bond motifs is 1. The number of aromatic nitrogens is 3. The number of phenolic OH excluding ortho intramolecular Hbond substituents is 1. The quantitative estimate of drug-likeness (QED) is 0.157. The summed E-state index contributed by atoms with van der Waals surface area (Å²) < 4.78 is 47.0. The molecule has 0 saturated carbocycles. The molecular weight excluding hydrogens is 779 g/mol. The molecule has 0 saturated heterocycles. The molecule has 0 unspecified atom stereocenters. The van der Waals surface area contributed by atoms with Crippen LogP contribution >= 0.6 is 0 Å². The molecule has 0 aliphatic heterocycles. The second kappa shape index (κ2) is 16.9. The standard InChI is InChI=1S/C60H57N3O/c1-37(2)45-29-46(38(3)4)31-48(30-45)43-23-24-55(39(5)27-43)63-56-22-16-21-52(57(56)62-59(63)53-36-51(60(7,8)9)28-40(6)58(53)64)49-32-47(42-19-14-11-15-20-42)33-50(34-49)54-35-44(25-26-61-54)41-17-12-10-13-18-41/h10-38,64H,1-9H3/i5D3,37D,38D. The van der Waals surface area contributed by atoms with Crippen LogP contribution in [0, 0.1) is 13.8 Å². The summed E-state index contributed by atoms with van der Waals surface area (Å²) in [5.41, 5.74) is 14.1. The van der Waals surface area contributed by atoms with Crippen LogP contribution in [-0.2, 0) is 5.41 Å². The molecule has 7 aromatic carbocycles. The second-order valence-corrected chi connectivity index (χ2v) is 18.4. The lowest BCUT2D eigenvalue weighted by Crippen LogP contribution is -2.12. The monoisotopic (exact) mass is 840 g/mol. The Labute approximate surface area is 386 Å². The first-order chi connectivity index (χ1) is 32.5. The van der Waals surface area contributed by atoms with Crippen LogP contribution in [0.1, 0.15) is 94.9 Å². The minimum absolute atomic E-state index is 0.0613. The first-order valence-corrected chi connectivity index (χ1v) is 21.9. The summed E-state index contributed by atoms with van der Waals surface area (Å²) in [6.07, 6.45) is 1.84. The highest BCUT2D eigenvalue weighted by atomic mass is 16.3. The van der Waals surface area contributed by atoms with Crippen molar-refractivity contribution < 1.29 is 12.0 Å². The highest BCUT2D eigenvalue weighted by Gasteiger charge is 2.25. The number of nitrogens with zero attached hydrogens (tertiary/aromatic N) is 3. The van der Waals surface area contributed by atoms with Crippen LogP contribution in [0.5, 0.6) is 5.75 Å². The number of rotatable bonds is 9. The average molecular weight is 841 g/mol. The maximum atomic E-state index is 12.1. The third kappa shape index (κ3) is 8.17. The van der Waals surface area contributed by atoms with Crippen molar-refractivity contribution in [1.82, 2.24) is 14.5 Å². The SMILES string of the molecule is [2H]C([2H])([2H])c1cc(-c2cc(C([2H])(C)C)cc(C([2H])(C)C)c2)ccc1-n1c(-c2cc(C(C)(C)C)cc(C)c2O)nc2c(-c3cc(-c4ccccc4)cc(-c4cc(-c5ccccc5)ccn4)c3)cccc21. The topological polar surface area (TPSA) is 50.9 Å². The van der Waals surface area contributed by atoms with Crippen molar-refractivity contribution in [2.75, 3.05) is 0 Å². The van der Waals surface area contributed by atoms with Crippen molar-refractivity contribution in [2.24, 2.45) is 0 Å². The number of phenols is 1. The zero-order valence-electron chi connectivity index (χ0n) is 42.9. The van der Waals surface area contributed by atoms with Gasteiger partial charge in [-0.2, -0.15) is 0 Å². The molecule has 4 nitrogen and oxygen atoms in total. The van der Waals surface area contributed by atoms with Gasteiger partial charge < -0.3 is 5.11 Å². The maximum absolute atomic E-state index is 12.1. The molecule has 9 aromatic rings. The minimum Gasteiger partial charge on any atom is -0.507 e. The molecule has 2 aromatic heterocycles. The van der Waals surface area contributed by atoms with Gasteiger partial charge in [0.05, 0.1) is 28.0 Å². The van der Waals surface area contributed by atoms with Gasteiger partial charge in [-0.15, -0.1) is 0 Å². The Morgan fingerprint density at radius 3 is 1.84 bits per heavy atom. The van der Waals surface area contributed by atoms with Crippen LogP contribution in [-0.4, -0.2) is 19.6 Å². The summed E-state index contributed by atoms with van der Waals surface area (Å²) in [5.74, 6) is -1.46. The highest BCUT2D eigenvalue weighted by Crippen LogP contribution is 2.43. The summed E-state index contributed by atoms with van der Waals surface area (Å²) in [5, 5.41) is 12.1. The molecule has 0 radical (unpaired) electrons. The van der Waals surface area contributed by atoms with Crippen molar-refractivity contribution in [3.05, 3.63) is 192 Å². The summed E-state index contributed by atoms with van der Waals surface area (Å²) in [6.45, 7) is 12.9. The van der Waals surface area contributed by atoms with Gasteiger partial charge in [0.1, 0.15) is 11.6 Å². The van der Waals surface area contributed by atoms with Gasteiger partial charge in [-0.3, -0.25) is 9.55 Å². The van der Waals surface area contributed by atoms with E-state index in [-0.39, 0.29) is 16.7 Å². The van der Waals surface area contributed by atoms with Gasteiger partial charge in [-0.25, -0.2) is 4.98 Å². The molecule has 64 heavy (non-hydrogen) atoms. The van der Waals surface area contributed by atoms with Crippen LogP contribution in [0.4, 0.5) is 0 Å². The van der Waals surface area contributed by atoms with Gasteiger partial charge in [0.25, 0.3) is 0 Å². The van der Waals surface area contributed by atoms with Gasteiger partial charge in [0.15, 0.2) is 0 Å². The molecule has 0 bridgehead atoms. The average Bonchev–Trinajstić information content (AvgIpc) is 3.71. The third-order valence-corrected chi connectivity index (χ3v) is 12.3. The molecule has 0 atom stereocenters. The van der Waals surface area contributed by atoms with Crippen LogP contribution in [0.3, 0.4) is 0 Å². The number of pyridine rings is 1. The summed E-state index contributed by atoms with van der Waals surface area (Å²) in [7, 11) is 0. The molecule has 0 aliphatic rings. The van der Waals surface area contributed by atoms with Crippen LogP contribution in [0.25, 0.3) is 83.9 Å². The lowest BCUT2D eigenvalue weighted by Gasteiger charge is -2.22. The Balaban J connectivity index is 1.33. The van der Waals surface area contributed by atoms with E-state index >= 15 is 0 Å². The van der Waals surface area contributed by atoms with E-state index in [9.17, 15) is 5.11 Å². The molecule has 9 rings (SSSR count). The van der Waals surface area contributed by atoms with E-state index in [1.54, 1.807) is 6.07 Å². The molecule has 0 amide bonds. The molecule has 318 valence electrons. The second-order valence-electron chi connectivity index (χ2n) is 18.4. The Bertz CT molecular complexity index is 3360. The largest absolute Gasteiger partial charge is 0.507 e. The molecule has 0 spiro atoms. The maximum Gasteiger partial charge on any atom is 0.149 e. The molecule has 4 heteroatoms. The van der Waals surface area contributed by atoms with Gasteiger partial charge in [0.2, 0.25) is 0 Å². The predicted molar refractivity (Wildman–Crippen MR) is 269 cm³/mol. The van der Waals surface area contributed by atoms with Crippen LogP contribution < -0.4 is 0 Å². The number of aryl methyl sites for hydroxylation is 2. The van der Waals surface area contributed by atoms with E-state index in [4.69, 9.17) is 16.8 Å². The van der Waals surface area contributed by atoms with Gasteiger partial charge in [0, 0.05) is 24.2 Å². The lowest BCUT2D eigenvalue weighted by molar-refractivity contribution is 0.471. The van der Waals surface area contributed by atoms with Gasteiger partial charge >= 0.3 is 0 Å². The molecule has 1 N–H and O–H groups in total. The van der Waals surface area contributed by atoms with E-state index in [1.807, 2.05) is 149 Å². The van der Waals surface area contributed by atoms with Gasteiger partial charge in [-0.1, -0.05) is 152 Å². The first kappa shape index (κ1) is 36.4. The molecule has 0 fully saturated rings. The fourth-order valence-electron chi connectivity index (χ4n) is 8.55. The molecular formula is C60H57N3O. The van der Waals surface area contributed by atoms with Crippen molar-refractivity contribution in [3.8, 4) is 78.6 Å². The number of benzene rings is 7. The highest BCUT2D eigenvalue weighted by molar-refractivity contribution is 5.98. The zero-order valence-corrected chi connectivity index (χ0v) is 37.9. The van der Waals surface area contributed by atoms with Crippen molar-refractivity contribution in [2.45, 2.75) is 79.4 Å². The molecule has 2 heterocycles. The van der Waals surface area contributed by atoms with E-state index in [2.05, 4.69) is 69.3 Å². The van der Waals surface area contributed by atoms with E-state index in [0.717, 1.165) is 66.9 Å². The number of hydrogen-bond donors (Lipinski definition) is 1. The Morgan fingerprint density at radius 2 is 1.19 bits per heavy atom. The van der Waals surface area contributed by atoms with E-state index in [0.29, 0.717) is 39.2 Å². The van der Waals surface area contributed by atoms with E-state index in [1.165, 1.54) is 0 Å². The number of aromatic hydroxyl groups is 1. The number of imidazole rings is 1. The van der Waals surface area contributed by atoms with Crippen LogP contribution in [0.2, 0.25) is 0 Å². The van der Waals surface area contributed by atoms with Gasteiger partial charge in [-0.05, 0) is 152 Å². The summed E-state index contributed by atoms with van der Waals surface area (Å²) >= 11 is 0. The fraction of sp³-hybridized carbons (Fsp3) is 0.200. The smallest absolute Gasteiger partial charge is 0.149 e. The van der Waals surface area contributed by atoms with Crippen molar-refractivity contribution in [3.63, 3.8) is 0 Å². The minimum atomic E-state index is -2.59. The number of para-hydroxylation sites is 1. The third-order valence-electron chi connectivity index (χ3n) is 12.3. The van der Waals surface area contributed by atoms with Crippen molar-refractivity contribution in [1.29, 1.82) is 0 Å². The molecule has 0 aliphatic carbocycles. The number of hydrogen-bond acceptors (Lipinski definition) is 3. The lowest BCUT2D eigenvalue weighted by atomic mass is 9.84. The Hall–Kier alpha value is -7.04. The Kier molecular flexibility index (Phi) is 9.63. The Morgan fingerprint density at radius 1 is 0.562 bits per heavy atom. The summed E-state index contributed by atoms with van der Waals surface area (Å²) in [4.78, 5) is 10.3.